The predicted molar refractivity (Wildman–Crippen MR) is 61.5 cm³/mol. The number of carbonyl (C=O) groups excluding carboxylic acids is 1. The Morgan fingerprint density at radius 1 is 1.43 bits per heavy atom. The van der Waals surface area contributed by atoms with E-state index in [0.717, 1.165) is 5.17 Å². The van der Waals surface area contributed by atoms with Crippen LogP contribution in [0.4, 0.5) is 0 Å². The molecule has 0 bridgehead atoms. The third-order valence-corrected chi connectivity index (χ3v) is 3.20. The Balaban J connectivity index is 2.73. The molecule has 1 heterocycles. The fraction of sp³-hybridized carbons (Fsp3) is 0.800. The minimum absolute atomic E-state index is 0.0242. The first-order valence-electron chi connectivity index (χ1n) is 4.87. The maximum Gasteiger partial charge on any atom is 0.239 e. The van der Waals surface area contributed by atoms with Crippen molar-refractivity contribution in [1.82, 2.24) is 5.32 Å². The number of hydrogen-bond acceptors (Lipinski definition) is 3. The molecular weight excluding hydrogens is 196 g/mol. The van der Waals surface area contributed by atoms with Gasteiger partial charge in [0.25, 0.3) is 0 Å². The number of rotatable bonds is 1. The Kier molecular flexibility index (Phi) is 3.24. The molecule has 14 heavy (non-hydrogen) atoms. The molecule has 0 aromatic carbocycles. The van der Waals surface area contributed by atoms with Gasteiger partial charge < -0.3 is 5.32 Å². The second kappa shape index (κ2) is 3.93. The van der Waals surface area contributed by atoms with Crippen molar-refractivity contribution in [3.63, 3.8) is 0 Å². The van der Waals surface area contributed by atoms with Crippen LogP contribution in [0.15, 0.2) is 4.99 Å². The predicted octanol–water partition coefficient (Wildman–Crippen LogP) is 2.03. The van der Waals surface area contributed by atoms with Crippen molar-refractivity contribution in [2.24, 2.45) is 10.9 Å². The molecule has 1 atom stereocenters. The summed E-state index contributed by atoms with van der Waals surface area (Å²) < 4.78 is 0. The standard InChI is InChI=1S/C10H18N2OS/c1-6(2)7-8(13)11-9(14-7)12-10(3,4)5/h6-7H,1-5H3,(H,11,12,13). The van der Waals surface area contributed by atoms with E-state index in [1.54, 1.807) is 11.8 Å². The Morgan fingerprint density at radius 2 is 2.00 bits per heavy atom. The molecule has 1 unspecified atom stereocenters. The maximum atomic E-state index is 11.5. The number of amidine groups is 1. The lowest BCUT2D eigenvalue weighted by molar-refractivity contribution is -0.119. The first kappa shape index (κ1) is 11.6. The Morgan fingerprint density at radius 3 is 2.36 bits per heavy atom. The summed E-state index contributed by atoms with van der Waals surface area (Å²) in [6, 6.07) is 0. The van der Waals surface area contributed by atoms with Gasteiger partial charge in [0.05, 0.1) is 10.8 Å². The third kappa shape index (κ3) is 3.01. The van der Waals surface area contributed by atoms with Gasteiger partial charge in [0, 0.05) is 0 Å². The van der Waals surface area contributed by atoms with Crippen molar-refractivity contribution in [3.8, 4) is 0 Å². The van der Waals surface area contributed by atoms with Crippen LogP contribution in [0.5, 0.6) is 0 Å². The van der Waals surface area contributed by atoms with Crippen LogP contribution in [0.2, 0.25) is 0 Å². The number of aliphatic imine (C=N–C) groups is 1. The summed E-state index contributed by atoms with van der Waals surface area (Å²) in [6.45, 7) is 10.2. The maximum absolute atomic E-state index is 11.5. The van der Waals surface area contributed by atoms with Crippen LogP contribution >= 0.6 is 11.8 Å². The molecule has 1 rings (SSSR count). The van der Waals surface area contributed by atoms with Crippen LogP contribution in [0.3, 0.4) is 0 Å². The van der Waals surface area contributed by atoms with Crippen molar-refractivity contribution in [3.05, 3.63) is 0 Å². The second-order valence-corrected chi connectivity index (χ2v) is 5.99. The molecule has 0 radical (unpaired) electrons. The van der Waals surface area contributed by atoms with E-state index < -0.39 is 0 Å². The number of nitrogens with one attached hydrogen (secondary N) is 1. The van der Waals surface area contributed by atoms with Gasteiger partial charge in [0.1, 0.15) is 0 Å². The van der Waals surface area contributed by atoms with Crippen LogP contribution < -0.4 is 5.32 Å². The highest BCUT2D eigenvalue weighted by molar-refractivity contribution is 8.15. The van der Waals surface area contributed by atoms with E-state index in [-0.39, 0.29) is 16.7 Å². The highest BCUT2D eigenvalue weighted by Gasteiger charge is 2.33. The number of amides is 1. The minimum Gasteiger partial charge on any atom is -0.304 e. The SMILES string of the molecule is CC(C)C1SC(=NC(C)(C)C)NC1=O. The van der Waals surface area contributed by atoms with Crippen LogP contribution in [-0.4, -0.2) is 21.9 Å². The molecular formula is C10H18N2OS. The van der Waals surface area contributed by atoms with E-state index >= 15 is 0 Å². The first-order valence-corrected chi connectivity index (χ1v) is 5.75. The van der Waals surface area contributed by atoms with Crippen LogP contribution in [0.25, 0.3) is 0 Å². The average Bonchev–Trinajstić information content (AvgIpc) is 2.26. The summed E-state index contributed by atoms with van der Waals surface area (Å²) >= 11 is 1.54. The second-order valence-electron chi connectivity index (χ2n) is 4.86. The van der Waals surface area contributed by atoms with Gasteiger partial charge >= 0.3 is 0 Å². The molecule has 1 N–H and O–H groups in total. The summed E-state index contributed by atoms with van der Waals surface area (Å²) in [5.74, 6) is 0.445. The molecule has 1 aliphatic rings. The Bertz CT molecular complexity index is 266. The topological polar surface area (TPSA) is 41.5 Å². The molecule has 1 amide bonds. The zero-order valence-corrected chi connectivity index (χ0v) is 10.2. The molecule has 0 saturated carbocycles. The molecule has 1 aliphatic heterocycles. The molecule has 1 fully saturated rings. The monoisotopic (exact) mass is 214 g/mol. The number of nitrogens with zero attached hydrogens (tertiary/aromatic N) is 1. The van der Waals surface area contributed by atoms with Gasteiger partial charge in [-0.15, -0.1) is 0 Å². The van der Waals surface area contributed by atoms with Gasteiger partial charge in [-0.1, -0.05) is 25.6 Å². The molecule has 0 aromatic heterocycles. The van der Waals surface area contributed by atoms with Crippen LogP contribution in [0.1, 0.15) is 34.6 Å². The average molecular weight is 214 g/mol. The number of carbonyl (C=O) groups is 1. The fourth-order valence-electron chi connectivity index (χ4n) is 1.18. The van der Waals surface area contributed by atoms with Crippen LogP contribution in [0, 0.1) is 5.92 Å². The summed E-state index contributed by atoms with van der Waals surface area (Å²) in [7, 11) is 0. The summed E-state index contributed by atoms with van der Waals surface area (Å²) in [5, 5.41) is 3.61. The van der Waals surface area contributed by atoms with Gasteiger partial charge in [0.2, 0.25) is 5.91 Å². The molecule has 80 valence electrons. The quantitative estimate of drug-likeness (QED) is 0.725. The van der Waals surface area contributed by atoms with Gasteiger partial charge in [-0.05, 0) is 26.7 Å². The van der Waals surface area contributed by atoms with Crippen LogP contribution in [-0.2, 0) is 4.79 Å². The zero-order valence-electron chi connectivity index (χ0n) is 9.42. The molecule has 0 spiro atoms. The largest absolute Gasteiger partial charge is 0.304 e. The van der Waals surface area contributed by atoms with Gasteiger partial charge in [-0.2, -0.15) is 0 Å². The number of hydrogen-bond donors (Lipinski definition) is 1. The molecule has 0 aromatic rings. The smallest absolute Gasteiger partial charge is 0.239 e. The van der Waals surface area contributed by atoms with E-state index in [2.05, 4.69) is 24.2 Å². The Hall–Kier alpha value is -0.510. The van der Waals surface area contributed by atoms with Crippen molar-refractivity contribution in [1.29, 1.82) is 0 Å². The molecule has 1 saturated heterocycles. The number of thioether (sulfide) groups is 1. The van der Waals surface area contributed by atoms with E-state index in [1.165, 1.54) is 0 Å². The van der Waals surface area contributed by atoms with Crippen molar-refractivity contribution < 1.29 is 4.79 Å². The lowest BCUT2D eigenvalue weighted by Gasteiger charge is -2.12. The summed E-state index contributed by atoms with van der Waals surface area (Å²) in [6.07, 6.45) is 0. The lowest BCUT2D eigenvalue weighted by atomic mass is 10.1. The van der Waals surface area contributed by atoms with E-state index in [0.29, 0.717) is 5.92 Å². The van der Waals surface area contributed by atoms with Gasteiger partial charge in [0.15, 0.2) is 5.17 Å². The minimum atomic E-state index is -0.124. The fourth-order valence-corrected chi connectivity index (χ4v) is 2.34. The van der Waals surface area contributed by atoms with Gasteiger partial charge in [-0.3, -0.25) is 9.79 Å². The normalized spacial score (nSPS) is 26.0. The van der Waals surface area contributed by atoms with Crippen molar-refractivity contribution in [2.45, 2.75) is 45.4 Å². The summed E-state index contributed by atoms with van der Waals surface area (Å²) in [4.78, 5) is 15.9. The van der Waals surface area contributed by atoms with E-state index in [9.17, 15) is 4.79 Å². The Labute approximate surface area is 89.7 Å². The highest BCUT2D eigenvalue weighted by Crippen LogP contribution is 2.27. The lowest BCUT2D eigenvalue weighted by Crippen LogP contribution is -2.28. The third-order valence-electron chi connectivity index (χ3n) is 1.77. The first-order chi connectivity index (χ1) is 6.29. The summed E-state index contributed by atoms with van der Waals surface area (Å²) in [5.41, 5.74) is -0.124. The molecule has 3 nitrogen and oxygen atoms in total. The van der Waals surface area contributed by atoms with Gasteiger partial charge in [-0.25, -0.2) is 0 Å². The highest BCUT2D eigenvalue weighted by atomic mass is 32.2. The van der Waals surface area contributed by atoms with E-state index in [4.69, 9.17) is 0 Å². The zero-order chi connectivity index (χ0) is 10.9. The molecule has 4 heteroatoms. The van der Waals surface area contributed by atoms with Crippen molar-refractivity contribution >= 4 is 22.8 Å². The molecule has 0 aliphatic carbocycles. The van der Waals surface area contributed by atoms with Crippen molar-refractivity contribution in [2.75, 3.05) is 0 Å². The van der Waals surface area contributed by atoms with E-state index in [1.807, 2.05) is 20.8 Å².